The molecule has 6 heteroatoms. The van der Waals surface area contributed by atoms with Gasteiger partial charge < -0.3 is 9.94 Å². The first kappa shape index (κ1) is 13.9. The average Bonchev–Trinajstić information content (AvgIpc) is 2.55. The van der Waals surface area contributed by atoms with Crippen LogP contribution in [0.3, 0.4) is 0 Å². The molecule has 0 radical (unpaired) electrons. The Kier molecular flexibility index (Phi) is 3.91. The van der Waals surface area contributed by atoms with Gasteiger partial charge in [0.2, 0.25) is 0 Å². The van der Waals surface area contributed by atoms with Gasteiger partial charge in [-0.15, -0.1) is 0 Å². The van der Waals surface area contributed by atoms with E-state index in [0.29, 0.717) is 18.0 Å². The molecule has 0 fully saturated rings. The Morgan fingerprint density at radius 3 is 2.68 bits per heavy atom. The molecule has 0 saturated carbocycles. The molecule has 0 aromatic heterocycles. The molecule has 6 nitrogen and oxygen atoms in total. The van der Waals surface area contributed by atoms with E-state index < -0.39 is 6.09 Å². The van der Waals surface area contributed by atoms with Crippen molar-refractivity contribution in [3.63, 3.8) is 0 Å². The highest BCUT2D eigenvalue weighted by atomic mass is 16.6. The molecule has 2 N–H and O–H groups in total. The highest BCUT2D eigenvalue weighted by Crippen LogP contribution is 2.22. The number of nitrogens with one attached hydrogen (secondary N) is 1. The number of nitrogens with zero attached hydrogens (tertiary/aromatic N) is 2. The fourth-order valence-electron chi connectivity index (χ4n) is 2.20. The largest absolute Gasteiger partial charge is 0.464 e. The number of hydrogen-bond donors (Lipinski definition) is 2. The number of hydrogen-bond acceptors (Lipinski definition) is 4. The van der Waals surface area contributed by atoms with Crippen LogP contribution in [0.5, 0.6) is 0 Å². The van der Waals surface area contributed by atoms with E-state index in [1.807, 2.05) is 48.5 Å². The number of carboxylic acid groups (broad SMARTS) is 1. The van der Waals surface area contributed by atoms with Crippen molar-refractivity contribution >= 4 is 17.5 Å². The quantitative estimate of drug-likeness (QED) is 0.854. The number of para-hydroxylation sites is 1. The Hall–Kier alpha value is -3.02. The third-order valence-corrected chi connectivity index (χ3v) is 3.28. The maximum Gasteiger partial charge on any atom is 0.426 e. The molecule has 0 unspecified atom stereocenters. The van der Waals surface area contributed by atoms with Crippen LogP contribution in [0.1, 0.15) is 11.1 Å². The fourth-order valence-corrected chi connectivity index (χ4v) is 2.20. The molecular formula is C16H15N3O3. The SMILES string of the molecule is O=C(O)N1CC(=NOCc2ccccc2)c2ccccc2N1. The third kappa shape index (κ3) is 3.01. The number of carbonyl (C=O) groups is 1. The summed E-state index contributed by atoms with van der Waals surface area (Å²) < 4.78 is 0. The number of rotatable bonds is 3. The van der Waals surface area contributed by atoms with Crippen LogP contribution in [-0.4, -0.2) is 28.5 Å². The molecule has 0 saturated heterocycles. The summed E-state index contributed by atoms with van der Waals surface area (Å²) in [5, 5.41) is 14.4. The maximum absolute atomic E-state index is 11.2. The summed E-state index contributed by atoms with van der Waals surface area (Å²) in [5.74, 6) is 0. The van der Waals surface area contributed by atoms with Gasteiger partial charge >= 0.3 is 6.09 Å². The standard InChI is InChI=1S/C16H15N3O3/c20-16(21)19-10-15(13-8-4-5-9-14(13)17-19)18-22-11-12-6-2-1-3-7-12/h1-9,17H,10-11H2,(H,20,21). The molecule has 1 heterocycles. The van der Waals surface area contributed by atoms with Crippen LogP contribution in [-0.2, 0) is 11.4 Å². The molecule has 1 aliphatic rings. The minimum Gasteiger partial charge on any atom is -0.464 e. The molecule has 1 amide bonds. The molecule has 112 valence electrons. The van der Waals surface area contributed by atoms with Crippen molar-refractivity contribution in [3.8, 4) is 0 Å². The summed E-state index contributed by atoms with van der Waals surface area (Å²) in [4.78, 5) is 16.6. The smallest absolute Gasteiger partial charge is 0.426 e. The second-order valence-corrected chi connectivity index (χ2v) is 4.82. The van der Waals surface area contributed by atoms with Gasteiger partial charge in [-0.25, -0.2) is 9.80 Å². The monoisotopic (exact) mass is 297 g/mol. The second kappa shape index (κ2) is 6.17. The minimum atomic E-state index is -1.06. The van der Waals surface area contributed by atoms with E-state index in [1.54, 1.807) is 6.07 Å². The second-order valence-electron chi connectivity index (χ2n) is 4.82. The van der Waals surface area contributed by atoms with Crippen molar-refractivity contribution < 1.29 is 14.7 Å². The van der Waals surface area contributed by atoms with Gasteiger partial charge in [0.1, 0.15) is 12.3 Å². The van der Waals surface area contributed by atoms with Gasteiger partial charge in [-0.3, -0.25) is 5.43 Å². The highest BCUT2D eigenvalue weighted by Gasteiger charge is 2.24. The zero-order valence-electron chi connectivity index (χ0n) is 11.8. The van der Waals surface area contributed by atoms with Gasteiger partial charge in [-0.1, -0.05) is 53.7 Å². The van der Waals surface area contributed by atoms with Crippen LogP contribution in [0.25, 0.3) is 0 Å². The highest BCUT2D eigenvalue weighted by molar-refractivity contribution is 6.08. The van der Waals surface area contributed by atoms with Crippen LogP contribution >= 0.6 is 0 Å². The summed E-state index contributed by atoms with van der Waals surface area (Å²) >= 11 is 0. The number of anilines is 1. The Labute approximate surface area is 127 Å². The first-order valence-corrected chi connectivity index (χ1v) is 6.83. The number of hydrazine groups is 1. The van der Waals surface area contributed by atoms with Crippen LogP contribution in [0.4, 0.5) is 10.5 Å². The van der Waals surface area contributed by atoms with E-state index >= 15 is 0 Å². The summed E-state index contributed by atoms with van der Waals surface area (Å²) in [6.45, 7) is 0.466. The predicted octanol–water partition coefficient (Wildman–Crippen LogP) is 2.93. The number of amides is 1. The van der Waals surface area contributed by atoms with Crippen LogP contribution in [0, 0.1) is 0 Å². The molecule has 22 heavy (non-hydrogen) atoms. The van der Waals surface area contributed by atoms with E-state index in [1.165, 1.54) is 0 Å². The molecule has 0 spiro atoms. The van der Waals surface area contributed by atoms with E-state index in [9.17, 15) is 4.79 Å². The van der Waals surface area contributed by atoms with Crippen LogP contribution in [0.15, 0.2) is 59.8 Å². The van der Waals surface area contributed by atoms with Gasteiger partial charge in [-0.05, 0) is 11.6 Å². The van der Waals surface area contributed by atoms with E-state index in [4.69, 9.17) is 9.94 Å². The topological polar surface area (TPSA) is 74.2 Å². The summed E-state index contributed by atoms with van der Waals surface area (Å²) in [7, 11) is 0. The Morgan fingerprint density at radius 2 is 1.91 bits per heavy atom. The predicted molar refractivity (Wildman–Crippen MR) is 82.6 cm³/mol. The molecule has 2 aromatic rings. The van der Waals surface area contributed by atoms with Crippen LogP contribution in [0.2, 0.25) is 0 Å². The van der Waals surface area contributed by atoms with Crippen molar-refractivity contribution in [2.24, 2.45) is 5.16 Å². The molecule has 3 rings (SSSR count). The first-order chi connectivity index (χ1) is 10.7. The molecular weight excluding hydrogens is 282 g/mol. The fraction of sp³-hybridized carbons (Fsp3) is 0.125. The molecule has 0 bridgehead atoms. The zero-order chi connectivity index (χ0) is 15.4. The van der Waals surface area contributed by atoms with Gasteiger partial charge in [0.05, 0.1) is 12.2 Å². The summed E-state index contributed by atoms with van der Waals surface area (Å²) in [6, 6.07) is 17.1. The average molecular weight is 297 g/mol. The lowest BCUT2D eigenvalue weighted by Gasteiger charge is -2.28. The zero-order valence-corrected chi connectivity index (χ0v) is 11.8. The van der Waals surface area contributed by atoms with Gasteiger partial charge in [0.15, 0.2) is 0 Å². The van der Waals surface area contributed by atoms with Crippen molar-refractivity contribution in [1.29, 1.82) is 0 Å². The molecule has 2 aromatic carbocycles. The molecule has 0 aliphatic carbocycles. The van der Waals surface area contributed by atoms with E-state index in [2.05, 4.69) is 10.6 Å². The van der Waals surface area contributed by atoms with E-state index in [-0.39, 0.29) is 6.54 Å². The lowest BCUT2D eigenvalue weighted by atomic mass is 10.1. The number of fused-ring (bicyclic) bond motifs is 1. The number of benzene rings is 2. The summed E-state index contributed by atoms with van der Waals surface area (Å²) in [6.07, 6.45) is -1.06. The lowest BCUT2D eigenvalue weighted by molar-refractivity contribution is 0.128. The molecule has 1 aliphatic heterocycles. The van der Waals surface area contributed by atoms with Crippen LogP contribution < -0.4 is 5.43 Å². The Morgan fingerprint density at radius 1 is 1.18 bits per heavy atom. The normalized spacial score (nSPS) is 15.1. The van der Waals surface area contributed by atoms with E-state index in [0.717, 1.165) is 16.1 Å². The number of oxime groups is 1. The van der Waals surface area contributed by atoms with Crippen molar-refractivity contribution in [1.82, 2.24) is 5.01 Å². The Balaban J connectivity index is 1.79. The molecule has 0 atom stereocenters. The van der Waals surface area contributed by atoms with Crippen molar-refractivity contribution in [2.45, 2.75) is 6.61 Å². The lowest BCUT2D eigenvalue weighted by Crippen LogP contribution is -2.43. The van der Waals surface area contributed by atoms with Gasteiger partial charge in [-0.2, -0.15) is 0 Å². The summed E-state index contributed by atoms with van der Waals surface area (Å²) in [5.41, 5.74) is 5.95. The van der Waals surface area contributed by atoms with Crippen molar-refractivity contribution in [2.75, 3.05) is 12.0 Å². The Bertz CT molecular complexity index is 701. The minimum absolute atomic E-state index is 0.126. The van der Waals surface area contributed by atoms with Gasteiger partial charge in [0, 0.05) is 5.56 Å². The van der Waals surface area contributed by atoms with Gasteiger partial charge in [0.25, 0.3) is 0 Å². The maximum atomic E-state index is 11.2. The third-order valence-electron chi connectivity index (χ3n) is 3.28. The van der Waals surface area contributed by atoms with Crippen molar-refractivity contribution in [3.05, 3.63) is 65.7 Å². The first-order valence-electron chi connectivity index (χ1n) is 6.83.